The molecular formula is C24H22FN5O2S. The maximum atomic E-state index is 13.1. The first-order chi connectivity index (χ1) is 16.1. The summed E-state index contributed by atoms with van der Waals surface area (Å²) in [5.41, 5.74) is 3.02. The monoisotopic (exact) mass is 463 g/mol. The van der Waals surface area contributed by atoms with Crippen molar-refractivity contribution in [2.75, 3.05) is 11.9 Å². The van der Waals surface area contributed by atoms with Crippen molar-refractivity contribution >= 4 is 22.4 Å². The lowest BCUT2D eigenvalue weighted by atomic mass is 10.1. The molecule has 0 atom stereocenters. The summed E-state index contributed by atoms with van der Waals surface area (Å²) >= 11 is 1.54. The van der Waals surface area contributed by atoms with Crippen molar-refractivity contribution < 1.29 is 13.7 Å². The molecular weight excluding hydrogens is 441 g/mol. The third kappa shape index (κ3) is 5.32. The van der Waals surface area contributed by atoms with Crippen LogP contribution in [-0.2, 0) is 30.7 Å². The fourth-order valence-electron chi connectivity index (χ4n) is 3.75. The van der Waals surface area contributed by atoms with Crippen molar-refractivity contribution in [3.63, 3.8) is 0 Å². The molecule has 2 aromatic carbocycles. The average molecular weight is 464 g/mol. The Hall–Kier alpha value is -3.43. The number of aryl methyl sites for hydroxylation is 1. The zero-order valence-corrected chi connectivity index (χ0v) is 18.6. The van der Waals surface area contributed by atoms with Crippen LogP contribution < -0.4 is 5.32 Å². The van der Waals surface area contributed by atoms with Gasteiger partial charge in [0.25, 0.3) is 0 Å². The highest BCUT2D eigenvalue weighted by molar-refractivity contribution is 7.15. The Labute approximate surface area is 194 Å². The van der Waals surface area contributed by atoms with Gasteiger partial charge in [-0.2, -0.15) is 4.98 Å². The van der Waals surface area contributed by atoms with Crippen molar-refractivity contribution in [2.45, 2.75) is 32.4 Å². The van der Waals surface area contributed by atoms with Gasteiger partial charge in [0.2, 0.25) is 17.6 Å². The fraction of sp³-hybridized carbons (Fsp3) is 0.250. The van der Waals surface area contributed by atoms with Gasteiger partial charge in [-0.3, -0.25) is 9.69 Å². The topological polar surface area (TPSA) is 84.1 Å². The number of nitrogens with zero attached hydrogens (tertiary/aromatic N) is 4. The van der Waals surface area contributed by atoms with Crippen molar-refractivity contribution in [1.29, 1.82) is 0 Å². The number of thiazole rings is 1. The minimum absolute atomic E-state index is 0.149. The van der Waals surface area contributed by atoms with E-state index < -0.39 is 0 Å². The molecule has 2 aromatic heterocycles. The van der Waals surface area contributed by atoms with Gasteiger partial charge >= 0.3 is 0 Å². The Morgan fingerprint density at radius 1 is 1.12 bits per heavy atom. The molecule has 0 saturated carbocycles. The molecule has 7 nitrogen and oxygen atoms in total. The molecule has 0 fully saturated rings. The van der Waals surface area contributed by atoms with Gasteiger partial charge in [0.15, 0.2) is 5.13 Å². The summed E-state index contributed by atoms with van der Waals surface area (Å²) in [5, 5.41) is 7.43. The first kappa shape index (κ1) is 21.4. The number of hydrogen-bond acceptors (Lipinski definition) is 7. The first-order valence-electron chi connectivity index (χ1n) is 10.8. The minimum atomic E-state index is -0.327. The second kappa shape index (κ2) is 9.60. The van der Waals surface area contributed by atoms with E-state index in [2.05, 4.69) is 49.6 Å². The summed E-state index contributed by atoms with van der Waals surface area (Å²) < 4.78 is 18.3. The van der Waals surface area contributed by atoms with Crippen LogP contribution in [0.15, 0.2) is 59.1 Å². The molecule has 1 N–H and O–H groups in total. The molecule has 5 rings (SSSR count). The molecule has 33 heavy (non-hydrogen) atoms. The van der Waals surface area contributed by atoms with Crippen molar-refractivity contribution in [3.8, 4) is 11.4 Å². The van der Waals surface area contributed by atoms with Gasteiger partial charge in [0, 0.05) is 49.3 Å². The van der Waals surface area contributed by atoms with Crippen LogP contribution >= 0.6 is 11.3 Å². The van der Waals surface area contributed by atoms with Crippen LogP contribution in [0.25, 0.3) is 11.4 Å². The largest absolute Gasteiger partial charge is 0.339 e. The second-order valence-electron chi connectivity index (χ2n) is 7.90. The summed E-state index contributed by atoms with van der Waals surface area (Å²) in [4.78, 5) is 24.9. The van der Waals surface area contributed by atoms with E-state index in [0.29, 0.717) is 28.8 Å². The highest BCUT2D eigenvalue weighted by atomic mass is 32.1. The molecule has 3 heterocycles. The van der Waals surface area contributed by atoms with Crippen LogP contribution in [0.4, 0.5) is 9.52 Å². The summed E-state index contributed by atoms with van der Waals surface area (Å²) in [7, 11) is 0. The predicted octanol–water partition coefficient (Wildman–Crippen LogP) is 4.46. The Balaban J connectivity index is 1.14. The van der Waals surface area contributed by atoms with E-state index in [1.54, 1.807) is 12.1 Å². The number of carbonyl (C=O) groups is 1. The lowest BCUT2D eigenvalue weighted by Crippen LogP contribution is -2.29. The highest BCUT2D eigenvalue weighted by Crippen LogP contribution is 2.29. The number of amides is 1. The normalized spacial score (nSPS) is 13.6. The van der Waals surface area contributed by atoms with Crippen LogP contribution in [0.5, 0.6) is 0 Å². The molecule has 0 radical (unpaired) electrons. The number of anilines is 1. The predicted molar refractivity (Wildman–Crippen MR) is 123 cm³/mol. The van der Waals surface area contributed by atoms with Crippen molar-refractivity contribution in [2.24, 2.45) is 0 Å². The van der Waals surface area contributed by atoms with Crippen LogP contribution in [0.2, 0.25) is 0 Å². The number of nitrogens with one attached hydrogen (secondary N) is 1. The molecule has 0 bridgehead atoms. The van der Waals surface area contributed by atoms with Gasteiger partial charge in [-0.15, -0.1) is 11.3 Å². The Kier molecular flexibility index (Phi) is 6.23. The number of benzene rings is 2. The molecule has 0 saturated heterocycles. The maximum Gasteiger partial charge on any atom is 0.227 e. The van der Waals surface area contributed by atoms with E-state index in [1.807, 2.05) is 6.07 Å². The Bertz CT molecular complexity index is 1240. The van der Waals surface area contributed by atoms with Gasteiger partial charge < -0.3 is 9.84 Å². The quantitative estimate of drug-likeness (QED) is 0.436. The Morgan fingerprint density at radius 2 is 1.94 bits per heavy atom. The van der Waals surface area contributed by atoms with Gasteiger partial charge in [0.05, 0.1) is 5.69 Å². The summed E-state index contributed by atoms with van der Waals surface area (Å²) in [6, 6.07) is 16.3. The van der Waals surface area contributed by atoms with Crippen molar-refractivity contribution in [3.05, 3.63) is 82.4 Å². The average Bonchev–Trinajstić information content (AvgIpc) is 3.45. The third-order valence-corrected chi connectivity index (χ3v) is 6.44. The van der Waals surface area contributed by atoms with Gasteiger partial charge in [-0.25, -0.2) is 9.37 Å². The maximum absolute atomic E-state index is 13.1. The molecule has 9 heteroatoms. The zero-order chi connectivity index (χ0) is 22.6. The first-order valence-corrected chi connectivity index (χ1v) is 11.6. The smallest absolute Gasteiger partial charge is 0.227 e. The van der Waals surface area contributed by atoms with Crippen LogP contribution in [-0.4, -0.2) is 32.5 Å². The van der Waals surface area contributed by atoms with Crippen LogP contribution in [0, 0.1) is 5.82 Å². The van der Waals surface area contributed by atoms with Gasteiger partial charge in [-0.1, -0.05) is 35.5 Å². The van der Waals surface area contributed by atoms with Crippen molar-refractivity contribution in [1.82, 2.24) is 20.0 Å². The fourth-order valence-corrected chi connectivity index (χ4v) is 4.82. The molecule has 4 aromatic rings. The zero-order valence-electron chi connectivity index (χ0n) is 17.8. The molecule has 168 valence electrons. The van der Waals surface area contributed by atoms with E-state index >= 15 is 0 Å². The number of aromatic nitrogens is 3. The van der Waals surface area contributed by atoms with E-state index in [4.69, 9.17) is 4.52 Å². The third-order valence-electron chi connectivity index (χ3n) is 5.44. The SMILES string of the molecule is O=C(CCc1nc(-c2ccc(F)cc2)no1)Nc1nc2c(s1)CN(Cc1ccccc1)CC2. The summed E-state index contributed by atoms with van der Waals surface area (Å²) in [5.74, 6) is 0.258. The molecule has 0 spiro atoms. The van der Waals surface area contributed by atoms with Gasteiger partial charge in [-0.05, 0) is 29.8 Å². The number of halogens is 1. The Morgan fingerprint density at radius 3 is 2.76 bits per heavy atom. The molecule has 0 aliphatic carbocycles. The highest BCUT2D eigenvalue weighted by Gasteiger charge is 2.21. The number of rotatable bonds is 7. The number of hydrogen-bond donors (Lipinski definition) is 1. The summed E-state index contributed by atoms with van der Waals surface area (Å²) in [6.45, 7) is 2.70. The van der Waals surface area contributed by atoms with Crippen LogP contribution in [0.1, 0.15) is 28.4 Å². The standard InChI is InChI=1S/C24H22FN5O2S/c25-18-8-6-17(7-9-18)23-28-22(32-29-23)11-10-21(31)27-24-26-19-12-13-30(15-20(19)33-24)14-16-4-2-1-3-5-16/h1-9H,10-15H2,(H,26,27,31). The van der Waals surface area contributed by atoms with Gasteiger partial charge in [0.1, 0.15) is 5.82 Å². The van der Waals surface area contributed by atoms with E-state index in [1.165, 1.54) is 33.9 Å². The minimum Gasteiger partial charge on any atom is -0.339 e. The molecule has 1 amide bonds. The van der Waals surface area contributed by atoms with E-state index in [0.717, 1.165) is 31.7 Å². The molecule has 0 unspecified atom stereocenters. The molecule has 1 aliphatic heterocycles. The lowest BCUT2D eigenvalue weighted by Gasteiger charge is -2.25. The number of carbonyl (C=O) groups excluding carboxylic acids is 1. The van der Waals surface area contributed by atoms with Crippen LogP contribution in [0.3, 0.4) is 0 Å². The van der Waals surface area contributed by atoms with E-state index in [9.17, 15) is 9.18 Å². The lowest BCUT2D eigenvalue weighted by molar-refractivity contribution is -0.116. The summed E-state index contributed by atoms with van der Waals surface area (Å²) in [6.07, 6.45) is 1.40. The molecule has 1 aliphatic rings. The second-order valence-corrected chi connectivity index (χ2v) is 8.99. The van der Waals surface area contributed by atoms with E-state index in [-0.39, 0.29) is 18.1 Å². The number of fused-ring (bicyclic) bond motifs is 1.